The quantitative estimate of drug-likeness (QED) is 0.776. The third-order valence-electron chi connectivity index (χ3n) is 2.64. The van der Waals surface area contributed by atoms with Gasteiger partial charge in [-0.25, -0.2) is 9.59 Å². The topological polar surface area (TPSA) is 96.3 Å². The fraction of sp³-hybridized carbons (Fsp3) is 0.833. The van der Waals surface area contributed by atoms with Crippen molar-refractivity contribution in [1.29, 1.82) is 0 Å². The molecular weight excluding hydrogens is 254 g/mol. The van der Waals surface area contributed by atoms with E-state index in [0.717, 1.165) is 0 Å². The maximum atomic E-state index is 12.0. The molecule has 0 bridgehead atoms. The predicted molar refractivity (Wildman–Crippen MR) is 65.8 cm³/mol. The second-order valence-corrected chi connectivity index (χ2v) is 5.49. The average Bonchev–Trinajstić information content (AvgIpc) is 2.27. The summed E-state index contributed by atoms with van der Waals surface area (Å²) in [4.78, 5) is 24.1. The van der Waals surface area contributed by atoms with Crippen LogP contribution in [-0.2, 0) is 14.3 Å². The number of morpholine rings is 1. The lowest BCUT2D eigenvalue weighted by Crippen LogP contribution is -2.52. The average molecular weight is 275 g/mol. The molecule has 1 amide bonds. The van der Waals surface area contributed by atoms with Gasteiger partial charge in [0.1, 0.15) is 5.60 Å². The number of carbonyl (C=O) groups is 2. The summed E-state index contributed by atoms with van der Waals surface area (Å²) in [5.41, 5.74) is -0.620. The van der Waals surface area contributed by atoms with Gasteiger partial charge in [0.2, 0.25) is 0 Å². The van der Waals surface area contributed by atoms with Crippen molar-refractivity contribution in [3.63, 3.8) is 0 Å². The van der Waals surface area contributed by atoms with Crippen molar-refractivity contribution in [3.8, 4) is 0 Å². The van der Waals surface area contributed by atoms with E-state index in [0.29, 0.717) is 13.2 Å². The van der Waals surface area contributed by atoms with Gasteiger partial charge in [-0.05, 0) is 20.8 Å². The first kappa shape index (κ1) is 15.7. The van der Waals surface area contributed by atoms with Crippen LogP contribution < -0.4 is 0 Å². The van der Waals surface area contributed by atoms with E-state index < -0.39 is 29.8 Å². The van der Waals surface area contributed by atoms with E-state index in [9.17, 15) is 14.7 Å². The van der Waals surface area contributed by atoms with Crippen molar-refractivity contribution in [1.82, 2.24) is 4.90 Å². The Morgan fingerprint density at radius 1 is 1.47 bits per heavy atom. The van der Waals surface area contributed by atoms with Crippen molar-refractivity contribution < 1.29 is 29.3 Å². The molecule has 1 saturated heterocycles. The third-order valence-corrected chi connectivity index (χ3v) is 2.64. The maximum Gasteiger partial charge on any atom is 0.410 e. The number of carboxylic acids is 1. The van der Waals surface area contributed by atoms with Crippen LogP contribution in [0.15, 0.2) is 0 Å². The molecule has 0 aromatic heterocycles. The van der Waals surface area contributed by atoms with Crippen LogP contribution in [-0.4, -0.2) is 64.7 Å². The van der Waals surface area contributed by atoms with E-state index in [4.69, 9.17) is 14.6 Å². The molecule has 0 saturated carbocycles. The Labute approximate surface area is 112 Å². The van der Waals surface area contributed by atoms with Gasteiger partial charge in [0.05, 0.1) is 19.3 Å². The highest BCUT2D eigenvalue weighted by molar-refractivity contribution is 5.72. The molecule has 7 nitrogen and oxygen atoms in total. The number of amides is 1. The van der Waals surface area contributed by atoms with Crippen molar-refractivity contribution in [2.24, 2.45) is 0 Å². The van der Waals surface area contributed by atoms with Crippen LogP contribution >= 0.6 is 0 Å². The van der Waals surface area contributed by atoms with E-state index in [1.165, 1.54) is 4.90 Å². The Morgan fingerprint density at radius 3 is 2.63 bits per heavy atom. The van der Waals surface area contributed by atoms with Crippen LogP contribution in [0.3, 0.4) is 0 Å². The van der Waals surface area contributed by atoms with Crippen molar-refractivity contribution in [2.45, 2.75) is 44.9 Å². The normalized spacial score (nSPS) is 21.9. The number of aliphatic hydroxyl groups excluding tert-OH is 1. The van der Waals surface area contributed by atoms with E-state index >= 15 is 0 Å². The number of ether oxygens (including phenoxy) is 2. The van der Waals surface area contributed by atoms with E-state index in [1.807, 2.05) is 0 Å². The Balaban J connectivity index is 2.67. The fourth-order valence-electron chi connectivity index (χ4n) is 1.77. The van der Waals surface area contributed by atoms with Gasteiger partial charge in [-0.15, -0.1) is 0 Å². The first-order chi connectivity index (χ1) is 8.70. The minimum atomic E-state index is -1.52. The number of aliphatic carboxylic acids is 1. The van der Waals surface area contributed by atoms with Crippen molar-refractivity contribution in [3.05, 3.63) is 0 Å². The number of nitrogens with zero attached hydrogens (tertiary/aromatic N) is 1. The maximum absolute atomic E-state index is 12.0. The molecule has 1 aliphatic heterocycles. The smallest absolute Gasteiger partial charge is 0.410 e. The zero-order chi connectivity index (χ0) is 14.6. The van der Waals surface area contributed by atoms with Crippen LogP contribution in [0, 0.1) is 0 Å². The molecular formula is C12H21NO6. The molecule has 1 rings (SSSR count). The Hall–Kier alpha value is -1.34. The molecule has 2 N–H and O–H groups in total. The van der Waals surface area contributed by atoms with Crippen LogP contribution in [0.5, 0.6) is 0 Å². The van der Waals surface area contributed by atoms with E-state index in [-0.39, 0.29) is 13.0 Å². The minimum absolute atomic E-state index is 0.0748. The van der Waals surface area contributed by atoms with Crippen LogP contribution in [0.4, 0.5) is 4.79 Å². The molecule has 1 fully saturated rings. The summed E-state index contributed by atoms with van der Waals surface area (Å²) in [6, 6.07) is -0.491. The molecule has 1 heterocycles. The van der Waals surface area contributed by atoms with Gasteiger partial charge in [-0.2, -0.15) is 0 Å². The monoisotopic (exact) mass is 275 g/mol. The molecule has 19 heavy (non-hydrogen) atoms. The zero-order valence-electron chi connectivity index (χ0n) is 11.5. The van der Waals surface area contributed by atoms with Crippen LogP contribution in [0.25, 0.3) is 0 Å². The highest BCUT2D eigenvalue weighted by atomic mass is 16.6. The molecule has 0 spiro atoms. The van der Waals surface area contributed by atoms with Crippen molar-refractivity contribution >= 4 is 12.1 Å². The molecule has 7 heteroatoms. The second-order valence-electron chi connectivity index (χ2n) is 5.49. The number of rotatable bonds is 3. The van der Waals surface area contributed by atoms with Gasteiger partial charge < -0.3 is 24.6 Å². The summed E-state index contributed by atoms with van der Waals surface area (Å²) in [5.74, 6) is -1.31. The minimum Gasteiger partial charge on any atom is -0.479 e. The second kappa shape index (κ2) is 6.21. The lowest BCUT2D eigenvalue weighted by Gasteiger charge is -2.37. The summed E-state index contributed by atoms with van der Waals surface area (Å²) in [7, 11) is 0. The molecule has 0 aromatic carbocycles. The highest BCUT2D eigenvalue weighted by Gasteiger charge is 2.33. The largest absolute Gasteiger partial charge is 0.479 e. The fourth-order valence-corrected chi connectivity index (χ4v) is 1.77. The summed E-state index contributed by atoms with van der Waals surface area (Å²) in [6.45, 7) is 6.17. The van der Waals surface area contributed by atoms with Gasteiger partial charge in [0.25, 0.3) is 0 Å². The van der Waals surface area contributed by atoms with Gasteiger partial charge in [-0.1, -0.05) is 0 Å². The number of hydrogen-bond donors (Lipinski definition) is 2. The molecule has 2 unspecified atom stereocenters. The first-order valence-electron chi connectivity index (χ1n) is 6.19. The van der Waals surface area contributed by atoms with Gasteiger partial charge in [-0.3, -0.25) is 0 Å². The highest BCUT2D eigenvalue weighted by Crippen LogP contribution is 2.17. The Bertz CT molecular complexity index is 338. The molecule has 110 valence electrons. The molecule has 1 aliphatic rings. The van der Waals surface area contributed by atoms with Gasteiger partial charge in [0.15, 0.2) is 6.10 Å². The Morgan fingerprint density at radius 2 is 2.11 bits per heavy atom. The van der Waals surface area contributed by atoms with Crippen LogP contribution in [0.1, 0.15) is 27.2 Å². The van der Waals surface area contributed by atoms with Crippen LogP contribution in [0.2, 0.25) is 0 Å². The molecule has 0 aromatic rings. The predicted octanol–water partition coefficient (Wildman–Crippen LogP) is 0.458. The lowest BCUT2D eigenvalue weighted by molar-refractivity contribution is -0.148. The summed E-state index contributed by atoms with van der Waals surface area (Å²) < 4.78 is 10.5. The van der Waals surface area contributed by atoms with Gasteiger partial charge >= 0.3 is 12.1 Å². The van der Waals surface area contributed by atoms with Gasteiger partial charge in [0, 0.05) is 13.0 Å². The zero-order valence-corrected chi connectivity index (χ0v) is 11.5. The third kappa shape index (κ3) is 5.04. The SMILES string of the molecule is CC(C)(C)OC(=O)N1CCOCC1CC(O)C(=O)O. The lowest BCUT2D eigenvalue weighted by atomic mass is 10.1. The standard InChI is InChI=1S/C12H21NO6/c1-12(2,3)19-11(17)13-4-5-18-7-8(13)6-9(14)10(15)16/h8-9,14H,4-7H2,1-3H3,(H,15,16). The Kier molecular flexibility index (Phi) is 5.13. The first-order valence-corrected chi connectivity index (χ1v) is 6.19. The number of aliphatic hydroxyl groups is 1. The van der Waals surface area contributed by atoms with E-state index in [1.54, 1.807) is 20.8 Å². The summed E-state index contributed by atoms with van der Waals surface area (Å²) >= 11 is 0. The number of carbonyl (C=O) groups excluding carboxylic acids is 1. The number of carboxylic acid groups (broad SMARTS) is 1. The molecule has 0 radical (unpaired) electrons. The summed E-state index contributed by atoms with van der Waals surface area (Å²) in [5, 5.41) is 18.1. The summed E-state index contributed by atoms with van der Waals surface area (Å²) in [6.07, 6.45) is -2.11. The van der Waals surface area contributed by atoms with E-state index in [2.05, 4.69) is 0 Å². The number of hydrogen-bond acceptors (Lipinski definition) is 5. The van der Waals surface area contributed by atoms with Crippen molar-refractivity contribution in [2.75, 3.05) is 19.8 Å². The molecule has 0 aliphatic carbocycles. The molecule has 2 atom stereocenters.